The summed E-state index contributed by atoms with van der Waals surface area (Å²) in [6, 6.07) is 0. The first-order valence-electron chi connectivity index (χ1n) is 7.04. The molecule has 47 heteroatoms. The fourth-order valence-electron chi connectivity index (χ4n) is 0. The molecule has 0 rings (SSSR count). The van der Waals surface area contributed by atoms with Crippen molar-refractivity contribution in [1.29, 1.82) is 0 Å². The zero-order chi connectivity index (χ0) is 40.5. The van der Waals surface area contributed by atoms with Gasteiger partial charge >= 0.3 is 130 Å². The van der Waals surface area contributed by atoms with E-state index in [0.29, 0.717) is 0 Å². The van der Waals surface area contributed by atoms with Crippen LogP contribution in [0.3, 0.4) is 0 Å². The normalized spacial score (nSPS) is 11.3. The maximum atomic E-state index is 8.88. The summed E-state index contributed by atoms with van der Waals surface area (Å²) in [5.74, 6) is 0. The summed E-state index contributed by atoms with van der Waals surface area (Å²) in [5.41, 5.74) is 0. The molecule has 0 aromatic rings. The number of hydrogen-bond acceptors (Lipinski definition) is 9. The molecule has 27 N–H and O–H groups in total. The molecule has 0 unspecified atom stereocenters. The van der Waals surface area contributed by atoms with Gasteiger partial charge in [0.1, 0.15) is 0 Å². The standard InChI is InChI=1S/2Na.9H3O4P.2H/c;;9*1-5(2,3)4;;/h;;9*(H3,1,2,3,4);;/q2*+1;;;;;;;;;;2*-1. The van der Waals surface area contributed by atoms with Crippen LogP contribution in [0.15, 0.2) is 0 Å². The van der Waals surface area contributed by atoms with Gasteiger partial charge in [-0.3, -0.25) is 0 Å². The Kier molecular flexibility index (Phi) is 58.3. The first-order chi connectivity index (χ1) is 18.0. The molecule has 0 aromatic carbocycles. The molecule has 0 aliphatic carbocycles. The molecule has 0 heterocycles. The molecule has 0 aromatic heterocycles. The van der Waals surface area contributed by atoms with Crippen LogP contribution in [0.4, 0.5) is 0 Å². The number of rotatable bonds is 0. The minimum absolute atomic E-state index is 0. The molecule has 292 valence electrons. The summed E-state index contributed by atoms with van der Waals surface area (Å²) < 4.78 is 79.9. The van der Waals surface area contributed by atoms with E-state index >= 15 is 0 Å². The van der Waals surface area contributed by atoms with E-state index in [9.17, 15) is 0 Å². The predicted molar refractivity (Wildman–Crippen MR) is 131 cm³/mol. The second-order valence-electron chi connectivity index (χ2n) is 4.62. The van der Waals surface area contributed by atoms with E-state index in [1.54, 1.807) is 0 Å². The third-order valence-electron chi connectivity index (χ3n) is 0. The molecular weight excluding hydrogens is 901 g/mol. The van der Waals surface area contributed by atoms with Gasteiger partial charge in [-0.1, -0.05) is 0 Å². The van der Waals surface area contributed by atoms with Crippen LogP contribution in [-0.4, -0.2) is 132 Å². The summed E-state index contributed by atoms with van der Waals surface area (Å²) in [6.07, 6.45) is 0. The molecule has 36 nitrogen and oxygen atoms in total. The van der Waals surface area contributed by atoms with Gasteiger partial charge in [0.2, 0.25) is 0 Å². The van der Waals surface area contributed by atoms with Crippen molar-refractivity contribution in [2.45, 2.75) is 0 Å². The Hall–Kier alpha value is 2.99. The Bertz CT molecular complexity index is 757. The van der Waals surface area contributed by atoms with Gasteiger partial charge in [0.25, 0.3) is 0 Å². The molecule has 0 aliphatic rings. The summed E-state index contributed by atoms with van der Waals surface area (Å²) in [5, 5.41) is 0. The van der Waals surface area contributed by atoms with Crippen molar-refractivity contribution in [2.75, 3.05) is 0 Å². The zero-order valence-electron chi connectivity index (χ0n) is 23.8. The first kappa shape index (κ1) is 78.9. The minimum atomic E-state index is -4.64. The molecule has 0 radical (unpaired) electrons. The van der Waals surface area contributed by atoms with E-state index in [4.69, 9.17) is 173 Å². The molecule has 0 saturated heterocycles. The average Bonchev–Trinajstić information content (AvgIpc) is 2.26. The van der Waals surface area contributed by atoms with Gasteiger partial charge in [0.15, 0.2) is 0 Å². The molecule has 0 atom stereocenters. The number of phosphoric acid groups is 9. The van der Waals surface area contributed by atoms with E-state index in [1.807, 2.05) is 0 Å². The van der Waals surface area contributed by atoms with Crippen LogP contribution in [0.2, 0.25) is 0 Å². The first-order valence-corrected chi connectivity index (χ1v) is 21.1. The maximum Gasteiger partial charge on any atom is 1.00 e. The Balaban J connectivity index is -0.0000000268. The average molecular weight is 930 g/mol. The fraction of sp³-hybridized carbons (Fsp3) is 0. The van der Waals surface area contributed by atoms with Gasteiger partial charge in [0, 0.05) is 0 Å². The van der Waals surface area contributed by atoms with Crippen molar-refractivity contribution in [3.05, 3.63) is 0 Å². The van der Waals surface area contributed by atoms with E-state index in [0.717, 1.165) is 0 Å². The van der Waals surface area contributed by atoms with Crippen LogP contribution >= 0.6 is 70.4 Å². The predicted octanol–water partition coefficient (Wildman–Crippen LogP) is -14.1. The molecule has 47 heavy (non-hydrogen) atoms. The van der Waals surface area contributed by atoms with Crippen LogP contribution in [0.25, 0.3) is 0 Å². The van der Waals surface area contributed by atoms with Crippen molar-refractivity contribution in [2.24, 2.45) is 0 Å². The zero-order valence-corrected chi connectivity index (χ0v) is 33.8. The molecular formula is H29Na2O36P9. The monoisotopic (exact) mass is 930 g/mol. The van der Waals surface area contributed by atoms with Crippen molar-refractivity contribution < 1.29 is 235 Å². The molecule has 0 aliphatic heterocycles. The van der Waals surface area contributed by atoms with Gasteiger partial charge < -0.3 is 135 Å². The van der Waals surface area contributed by atoms with E-state index in [-0.39, 0.29) is 62.0 Å². The van der Waals surface area contributed by atoms with Crippen LogP contribution in [0.5, 0.6) is 0 Å². The third kappa shape index (κ3) is 12100. The second kappa shape index (κ2) is 34.7. The Morgan fingerprint density at radius 3 is 0.170 bits per heavy atom. The fourth-order valence-corrected chi connectivity index (χ4v) is 0. The molecule has 0 fully saturated rings. The van der Waals surface area contributed by atoms with E-state index in [1.165, 1.54) is 0 Å². The summed E-state index contributed by atoms with van der Waals surface area (Å²) >= 11 is 0. The molecule has 0 bridgehead atoms. The van der Waals surface area contributed by atoms with Crippen molar-refractivity contribution in [3.63, 3.8) is 0 Å². The van der Waals surface area contributed by atoms with Crippen LogP contribution in [0.1, 0.15) is 2.85 Å². The topological polar surface area (TPSA) is 700 Å². The van der Waals surface area contributed by atoms with Crippen LogP contribution in [0, 0.1) is 0 Å². The van der Waals surface area contributed by atoms with Gasteiger partial charge in [-0.2, -0.15) is 0 Å². The third-order valence-corrected chi connectivity index (χ3v) is 0. The van der Waals surface area contributed by atoms with E-state index in [2.05, 4.69) is 0 Å². The summed E-state index contributed by atoms with van der Waals surface area (Å²) in [4.78, 5) is 194. The van der Waals surface area contributed by atoms with Crippen molar-refractivity contribution in [3.8, 4) is 0 Å². The van der Waals surface area contributed by atoms with Gasteiger partial charge in [-0.05, 0) is 0 Å². The minimum Gasteiger partial charge on any atom is -1.00 e. The summed E-state index contributed by atoms with van der Waals surface area (Å²) in [7, 11) is -41.8. The van der Waals surface area contributed by atoms with Crippen molar-refractivity contribution in [1.82, 2.24) is 0 Å². The van der Waals surface area contributed by atoms with Gasteiger partial charge in [-0.15, -0.1) is 0 Å². The van der Waals surface area contributed by atoms with Crippen molar-refractivity contribution >= 4 is 70.4 Å². The Labute approximate surface area is 304 Å². The maximum absolute atomic E-state index is 8.88. The van der Waals surface area contributed by atoms with Crippen LogP contribution < -0.4 is 59.1 Å². The van der Waals surface area contributed by atoms with E-state index < -0.39 is 70.4 Å². The largest absolute Gasteiger partial charge is 1.00 e. The van der Waals surface area contributed by atoms with Gasteiger partial charge in [0.05, 0.1) is 0 Å². The Morgan fingerprint density at radius 1 is 0.170 bits per heavy atom. The summed E-state index contributed by atoms with van der Waals surface area (Å²) in [6.45, 7) is 0. The quantitative estimate of drug-likeness (QED) is 0.0792. The van der Waals surface area contributed by atoms with Crippen LogP contribution in [-0.2, 0) is 41.1 Å². The second-order valence-corrected chi connectivity index (χ2v) is 13.9. The molecule has 0 spiro atoms. The SMILES string of the molecule is O=P(O)(O)O.O=P(O)(O)O.O=P(O)(O)O.O=P(O)(O)O.O=P(O)(O)O.O=P(O)(O)O.O=P(O)(O)O.O=P(O)(O)O.O=P(O)(O)O.[H-].[H-].[Na+].[Na+]. The smallest absolute Gasteiger partial charge is 1.00 e. The number of hydrogen-bond donors (Lipinski definition) is 27. The Morgan fingerprint density at radius 2 is 0.170 bits per heavy atom. The molecule has 0 saturated carbocycles. The van der Waals surface area contributed by atoms with Gasteiger partial charge in [-0.25, -0.2) is 41.1 Å². The molecule has 0 amide bonds.